The molecule has 0 heterocycles. The van der Waals surface area contributed by atoms with Crippen molar-refractivity contribution in [1.82, 2.24) is 0 Å². The fourth-order valence-corrected chi connectivity index (χ4v) is 16.6. The molecular weight excluding hydrogens is 394 g/mol. The van der Waals surface area contributed by atoms with Crippen LogP contribution in [-0.2, 0) is 0 Å². The molecule has 126 valence electrons. The van der Waals surface area contributed by atoms with E-state index in [0.29, 0.717) is 0 Å². The standard InChI is InChI=1S/C24H20AsP/c1-5-13-21(14-6-1)25(22-15-7-2-8-16-22)26(23-17-9-3-10-18-23)24-19-11-4-12-20-24/h1-20H. The van der Waals surface area contributed by atoms with Gasteiger partial charge in [0.2, 0.25) is 0 Å². The van der Waals surface area contributed by atoms with E-state index in [1.54, 1.807) is 0 Å². The minimum atomic E-state index is -1.54. The molecule has 26 heavy (non-hydrogen) atoms. The normalized spacial score (nSPS) is 11.0. The van der Waals surface area contributed by atoms with Crippen molar-refractivity contribution in [3.05, 3.63) is 121 Å². The molecular formula is C24H20AsP. The Morgan fingerprint density at radius 2 is 0.692 bits per heavy atom. The van der Waals surface area contributed by atoms with Crippen LogP contribution in [-0.4, -0.2) is 14.2 Å². The van der Waals surface area contributed by atoms with E-state index in [1.807, 2.05) is 0 Å². The van der Waals surface area contributed by atoms with E-state index in [9.17, 15) is 0 Å². The van der Waals surface area contributed by atoms with E-state index >= 15 is 0 Å². The van der Waals surface area contributed by atoms with Crippen molar-refractivity contribution in [2.45, 2.75) is 0 Å². The molecule has 0 aliphatic heterocycles. The van der Waals surface area contributed by atoms with Crippen molar-refractivity contribution in [2.24, 2.45) is 0 Å². The molecule has 0 aromatic heterocycles. The zero-order valence-corrected chi connectivity index (χ0v) is 17.2. The first-order valence-corrected chi connectivity index (χ1v) is 14.4. The molecule has 0 saturated heterocycles. The van der Waals surface area contributed by atoms with Gasteiger partial charge in [0.25, 0.3) is 0 Å². The average molecular weight is 414 g/mol. The number of hydrogen-bond acceptors (Lipinski definition) is 0. The number of rotatable bonds is 5. The second-order valence-electron chi connectivity index (χ2n) is 5.97. The van der Waals surface area contributed by atoms with Crippen LogP contribution in [0.1, 0.15) is 0 Å². The molecule has 0 saturated carbocycles. The molecule has 0 bridgehead atoms. The molecule has 0 atom stereocenters. The van der Waals surface area contributed by atoms with Gasteiger partial charge < -0.3 is 0 Å². The Labute approximate surface area is 161 Å². The Kier molecular flexibility index (Phi) is 5.65. The fourth-order valence-electron chi connectivity index (χ4n) is 3.04. The van der Waals surface area contributed by atoms with Gasteiger partial charge >= 0.3 is 161 Å². The molecule has 4 aromatic rings. The molecule has 0 aliphatic carbocycles. The van der Waals surface area contributed by atoms with Gasteiger partial charge in [0.15, 0.2) is 0 Å². The quantitative estimate of drug-likeness (QED) is 0.343. The van der Waals surface area contributed by atoms with Gasteiger partial charge in [-0.3, -0.25) is 0 Å². The molecule has 0 fully saturated rings. The van der Waals surface area contributed by atoms with Crippen LogP contribution in [0.5, 0.6) is 0 Å². The van der Waals surface area contributed by atoms with E-state index in [1.165, 1.54) is 19.3 Å². The van der Waals surface area contributed by atoms with Crippen molar-refractivity contribution in [1.29, 1.82) is 0 Å². The van der Waals surface area contributed by atoms with Crippen molar-refractivity contribution < 1.29 is 0 Å². The summed E-state index contributed by atoms with van der Waals surface area (Å²) in [6, 6.07) is 44.5. The Bertz CT molecular complexity index is 765. The third kappa shape index (κ3) is 3.83. The summed E-state index contributed by atoms with van der Waals surface area (Å²) in [6.07, 6.45) is 0. The van der Waals surface area contributed by atoms with Gasteiger partial charge in [-0.05, 0) is 0 Å². The summed E-state index contributed by atoms with van der Waals surface area (Å²) in [6.45, 7) is -0.421. The molecule has 0 spiro atoms. The summed E-state index contributed by atoms with van der Waals surface area (Å²) in [5, 5.41) is 2.95. The van der Waals surface area contributed by atoms with Gasteiger partial charge in [-0.2, -0.15) is 0 Å². The van der Waals surface area contributed by atoms with Crippen LogP contribution in [0, 0.1) is 0 Å². The van der Waals surface area contributed by atoms with E-state index < -0.39 is 20.7 Å². The zero-order valence-electron chi connectivity index (χ0n) is 14.4. The van der Waals surface area contributed by atoms with Crippen molar-refractivity contribution in [3.8, 4) is 0 Å². The number of benzene rings is 4. The topological polar surface area (TPSA) is 0 Å². The second-order valence-corrected chi connectivity index (χ2v) is 15.7. The van der Waals surface area contributed by atoms with Gasteiger partial charge in [0, 0.05) is 0 Å². The van der Waals surface area contributed by atoms with Gasteiger partial charge in [0.1, 0.15) is 0 Å². The molecule has 0 radical (unpaired) electrons. The molecule has 0 amide bonds. The van der Waals surface area contributed by atoms with Gasteiger partial charge in [-0.1, -0.05) is 0 Å². The Morgan fingerprint density at radius 1 is 0.385 bits per heavy atom. The predicted molar refractivity (Wildman–Crippen MR) is 117 cm³/mol. The first-order valence-electron chi connectivity index (χ1n) is 8.74. The van der Waals surface area contributed by atoms with Crippen molar-refractivity contribution in [3.63, 3.8) is 0 Å². The SMILES string of the molecule is c1ccc(P(c2ccccc2)[As](c2ccccc2)c2ccccc2)cc1. The maximum atomic E-state index is 2.33. The van der Waals surface area contributed by atoms with Crippen molar-refractivity contribution in [2.75, 3.05) is 0 Å². The summed E-state index contributed by atoms with van der Waals surface area (Å²) in [4.78, 5) is 0. The summed E-state index contributed by atoms with van der Waals surface area (Å²) in [7, 11) is 0. The van der Waals surface area contributed by atoms with Crippen LogP contribution < -0.4 is 19.3 Å². The summed E-state index contributed by atoms with van der Waals surface area (Å²) >= 11 is -1.54. The van der Waals surface area contributed by atoms with E-state index in [-0.39, 0.29) is 0 Å². The van der Waals surface area contributed by atoms with Crippen LogP contribution in [0.25, 0.3) is 0 Å². The van der Waals surface area contributed by atoms with Gasteiger partial charge in [-0.15, -0.1) is 0 Å². The Morgan fingerprint density at radius 3 is 1.04 bits per heavy atom. The van der Waals surface area contributed by atoms with Crippen LogP contribution in [0.2, 0.25) is 0 Å². The molecule has 2 heteroatoms. The summed E-state index contributed by atoms with van der Waals surface area (Å²) in [5.41, 5.74) is 0. The number of hydrogen-bond donors (Lipinski definition) is 0. The third-order valence-electron chi connectivity index (χ3n) is 4.20. The van der Waals surface area contributed by atoms with Gasteiger partial charge in [-0.25, -0.2) is 0 Å². The first-order chi connectivity index (χ1) is 12.9. The van der Waals surface area contributed by atoms with Crippen molar-refractivity contribution >= 4 is 40.0 Å². The molecule has 0 nitrogen and oxygen atoms in total. The first kappa shape index (κ1) is 17.3. The fraction of sp³-hybridized carbons (Fsp3) is 0. The van der Waals surface area contributed by atoms with E-state index in [4.69, 9.17) is 0 Å². The van der Waals surface area contributed by atoms with Crippen LogP contribution in [0.4, 0.5) is 0 Å². The monoisotopic (exact) mass is 414 g/mol. The Hall–Kier alpha value is -2.13. The van der Waals surface area contributed by atoms with E-state index in [2.05, 4.69) is 121 Å². The third-order valence-corrected chi connectivity index (χ3v) is 17.3. The zero-order chi connectivity index (χ0) is 17.6. The average Bonchev–Trinajstić information content (AvgIpc) is 2.74. The molecule has 0 N–H and O–H groups in total. The summed E-state index contributed by atoms with van der Waals surface area (Å²) < 4.78 is 3.04. The minimum absolute atomic E-state index is 0.421. The predicted octanol–water partition coefficient (Wildman–Crippen LogP) is 3.93. The molecule has 4 aromatic carbocycles. The second kappa shape index (κ2) is 8.50. The van der Waals surface area contributed by atoms with Crippen LogP contribution in [0.3, 0.4) is 0 Å². The van der Waals surface area contributed by atoms with Crippen LogP contribution in [0.15, 0.2) is 121 Å². The maximum absolute atomic E-state index is 2.33. The molecule has 0 aliphatic rings. The molecule has 4 rings (SSSR count). The molecule has 0 unspecified atom stereocenters. The summed E-state index contributed by atoms with van der Waals surface area (Å²) in [5.74, 6) is 0. The Balaban J connectivity index is 1.93. The van der Waals surface area contributed by atoms with E-state index in [0.717, 1.165) is 0 Å². The van der Waals surface area contributed by atoms with Gasteiger partial charge in [0.05, 0.1) is 0 Å². The van der Waals surface area contributed by atoms with Crippen LogP contribution >= 0.6 is 6.48 Å².